The first-order valence-electron chi connectivity index (χ1n) is 5.08. The Morgan fingerprint density at radius 2 is 2.11 bits per heavy atom. The van der Waals surface area contributed by atoms with Crippen molar-refractivity contribution in [2.24, 2.45) is 0 Å². The second-order valence-corrected chi connectivity index (χ2v) is 4.01. The number of carbonyl (C=O) groups is 1. The summed E-state index contributed by atoms with van der Waals surface area (Å²) in [6.07, 6.45) is -1.71. The molecule has 1 aromatic carbocycles. The number of hydrogen-bond donors (Lipinski definition) is 1. The summed E-state index contributed by atoms with van der Waals surface area (Å²) in [5, 5.41) is 2.48. The van der Waals surface area contributed by atoms with Gasteiger partial charge in [0.15, 0.2) is 0 Å². The van der Waals surface area contributed by atoms with E-state index >= 15 is 0 Å². The zero-order valence-electron chi connectivity index (χ0n) is 9.51. The van der Waals surface area contributed by atoms with Crippen molar-refractivity contribution in [3.63, 3.8) is 0 Å². The third-order valence-electron chi connectivity index (χ3n) is 2.09. The van der Waals surface area contributed by atoms with Crippen LogP contribution < -0.4 is 5.32 Å². The van der Waals surface area contributed by atoms with Crippen LogP contribution in [0.5, 0.6) is 0 Å². The summed E-state index contributed by atoms with van der Waals surface area (Å²) in [7, 11) is 0. The van der Waals surface area contributed by atoms with Crippen LogP contribution in [0.25, 0.3) is 6.08 Å². The van der Waals surface area contributed by atoms with Gasteiger partial charge in [-0.3, -0.25) is 4.79 Å². The Balaban J connectivity index is 2.92. The lowest BCUT2D eigenvalue weighted by atomic mass is 10.1. The van der Waals surface area contributed by atoms with Gasteiger partial charge in [-0.15, -0.1) is 0 Å². The minimum absolute atomic E-state index is 0.0113. The Morgan fingerprint density at radius 1 is 1.44 bits per heavy atom. The summed E-state index contributed by atoms with van der Waals surface area (Å²) in [5.41, 5.74) is -0.786. The third-order valence-corrected chi connectivity index (χ3v) is 2.32. The number of rotatable bonds is 3. The maximum Gasteiger partial charge on any atom is 0.417 e. The molecule has 1 amide bonds. The van der Waals surface area contributed by atoms with Crippen molar-refractivity contribution in [3.05, 3.63) is 40.4 Å². The first-order chi connectivity index (χ1) is 8.30. The van der Waals surface area contributed by atoms with Crippen molar-refractivity contribution >= 4 is 23.6 Å². The second kappa shape index (κ2) is 5.91. The number of carbonyl (C=O) groups excluding carboxylic acids is 1. The fourth-order valence-corrected chi connectivity index (χ4v) is 1.48. The van der Waals surface area contributed by atoms with Gasteiger partial charge in [-0.05, 0) is 17.7 Å². The molecular formula is C12H11ClF3NO. The number of hydrogen-bond acceptors (Lipinski definition) is 1. The molecule has 1 aromatic rings. The topological polar surface area (TPSA) is 29.1 Å². The van der Waals surface area contributed by atoms with Crippen molar-refractivity contribution < 1.29 is 18.0 Å². The zero-order valence-corrected chi connectivity index (χ0v) is 10.3. The van der Waals surface area contributed by atoms with Crippen LogP contribution in [0.15, 0.2) is 24.3 Å². The molecule has 18 heavy (non-hydrogen) atoms. The van der Waals surface area contributed by atoms with E-state index in [4.69, 9.17) is 11.6 Å². The van der Waals surface area contributed by atoms with Crippen molar-refractivity contribution in [1.29, 1.82) is 0 Å². The molecule has 1 rings (SSSR count). The lowest BCUT2D eigenvalue weighted by molar-refractivity contribution is -0.137. The molecule has 98 valence electrons. The van der Waals surface area contributed by atoms with Crippen molar-refractivity contribution in [2.75, 3.05) is 6.54 Å². The minimum atomic E-state index is -4.46. The number of amides is 1. The fourth-order valence-electron chi connectivity index (χ4n) is 1.31. The highest BCUT2D eigenvalue weighted by molar-refractivity contribution is 6.30. The van der Waals surface area contributed by atoms with E-state index in [2.05, 4.69) is 5.32 Å². The summed E-state index contributed by atoms with van der Waals surface area (Å²) in [4.78, 5) is 10.6. The Bertz CT molecular complexity index is 469. The summed E-state index contributed by atoms with van der Waals surface area (Å²) in [5.74, 6) is -0.244. The van der Waals surface area contributed by atoms with Gasteiger partial charge in [0, 0.05) is 18.5 Å². The van der Waals surface area contributed by atoms with Gasteiger partial charge in [-0.2, -0.15) is 13.2 Å². The predicted octanol–water partition coefficient (Wildman–Crippen LogP) is 3.51. The molecular weight excluding hydrogens is 267 g/mol. The van der Waals surface area contributed by atoms with E-state index < -0.39 is 11.7 Å². The van der Waals surface area contributed by atoms with E-state index in [0.717, 1.165) is 6.07 Å². The Hall–Kier alpha value is -1.49. The van der Waals surface area contributed by atoms with Crippen molar-refractivity contribution in [3.8, 4) is 0 Å². The highest BCUT2D eigenvalue weighted by Gasteiger charge is 2.32. The van der Waals surface area contributed by atoms with Crippen LogP contribution in [0.1, 0.15) is 18.1 Å². The molecule has 6 heteroatoms. The monoisotopic (exact) mass is 277 g/mol. The van der Waals surface area contributed by atoms with E-state index in [0.29, 0.717) is 0 Å². The maximum absolute atomic E-state index is 12.7. The van der Waals surface area contributed by atoms with E-state index in [1.54, 1.807) is 0 Å². The molecule has 0 saturated carbocycles. The first-order valence-corrected chi connectivity index (χ1v) is 5.46. The Kier molecular flexibility index (Phi) is 4.78. The SMILES string of the molecule is CC(=O)NCC=Cc1ccc(Cl)cc1C(F)(F)F. The maximum atomic E-state index is 12.7. The van der Waals surface area contributed by atoms with Crippen molar-refractivity contribution in [2.45, 2.75) is 13.1 Å². The van der Waals surface area contributed by atoms with Gasteiger partial charge in [-0.25, -0.2) is 0 Å². The molecule has 1 N–H and O–H groups in total. The molecule has 0 heterocycles. The van der Waals surface area contributed by atoms with Crippen LogP contribution in [0.2, 0.25) is 5.02 Å². The van der Waals surface area contributed by atoms with E-state index in [1.165, 1.54) is 31.2 Å². The average molecular weight is 278 g/mol. The molecule has 0 spiro atoms. The molecule has 0 aliphatic rings. The number of benzene rings is 1. The highest BCUT2D eigenvalue weighted by Crippen LogP contribution is 2.34. The molecule has 0 saturated heterocycles. The Labute approximate surface area is 107 Å². The summed E-state index contributed by atoms with van der Waals surface area (Å²) in [6, 6.07) is 3.55. The van der Waals surface area contributed by atoms with Crippen LogP contribution in [-0.4, -0.2) is 12.5 Å². The molecule has 0 fully saturated rings. The fraction of sp³-hybridized carbons (Fsp3) is 0.250. The second-order valence-electron chi connectivity index (χ2n) is 3.57. The predicted molar refractivity (Wildman–Crippen MR) is 64.2 cm³/mol. The van der Waals surface area contributed by atoms with E-state index in [-0.39, 0.29) is 23.0 Å². The van der Waals surface area contributed by atoms with E-state index in [9.17, 15) is 18.0 Å². The van der Waals surface area contributed by atoms with Gasteiger partial charge < -0.3 is 5.32 Å². The molecule has 0 bridgehead atoms. The number of halogens is 4. The van der Waals surface area contributed by atoms with Crippen LogP contribution in [0.3, 0.4) is 0 Å². The Morgan fingerprint density at radius 3 is 2.67 bits per heavy atom. The van der Waals surface area contributed by atoms with Gasteiger partial charge in [0.2, 0.25) is 5.91 Å². The van der Waals surface area contributed by atoms with Crippen LogP contribution in [-0.2, 0) is 11.0 Å². The molecule has 0 aromatic heterocycles. The number of alkyl halides is 3. The molecule has 2 nitrogen and oxygen atoms in total. The quantitative estimate of drug-likeness (QED) is 0.900. The van der Waals surface area contributed by atoms with Gasteiger partial charge in [0.25, 0.3) is 0 Å². The van der Waals surface area contributed by atoms with Gasteiger partial charge in [-0.1, -0.05) is 29.8 Å². The molecule has 0 aliphatic heterocycles. The minimum Gasteiger partial charge on any atom is -0.353 e. The van der Waals surface area contributed by atoms with Gasteiger partial charge in [0.1, 0.15) is 0 Å². The smallest absolute Gasteiger partial charge is 0.353 e. The molecule has 0 atom stereocenters. The third kappa shape index (κ3) is 4.41. The summed E-state index contributed by atoms with van der Waals surface area (Å²) in [6.45, 7) is 1.51. The lowest BCUT2D eigenvalue weighted by Gasteiger charge is -2.10. The first kappa shape index (κ1) is 14.6. The summed E-state index contributed by atoms with van der Waals surface area (Å²) >= 11 is 5.54. The van der Waals surface area contributed by atoms with Crippen LogP contribution >= 0.6 is 11.6 Å². The normalized spacial score (nSPS) is 11.8. The van der Waals surface area contributed by atoms with Crippen LogP contribution in [0.4, 0.5) is 13.2 Å². The molecule has 0 radical (unpaired) electrons. The van der Waals surface area contributed by atoms with Gasteiger partial charge in [0.05, 0.1) is 5.56 Å². The zero-order chi connectivity index (χ0) is 13.8. The van der Waals surface area contributed by atoms with E-state index in [1.807, 2.05) is 0 Å². The molecule has 0 unspecified atom stereocenters. The highest BCUT2D eigenvalue weighted by atomic mass is 35.5. The van der Waals surface area contributed by atoms with Crippen LogP contribution in [0, 0.1) is 0 Å². The summed E-state index contributed by atoms with van der Waals surface area (Å²) < 4.78 is 38.1. The number of nitrogens with one attached hydrogen (secondary N) is 1. The largest absolute Gasteiger partial charge is 0.417 e. The van der Waals surface area contributed by atoms with Crippen molar-refractivity contribution in [1.82, 2.24) is 5.32 Å². The standard InChI is InChI=1S/C12H11ClF3NO/c1-8(18)17-6-2-3-9-4-5-10(13)7-11(9)12(14,15)16/h2-5,7H,6H2,1H3,(H,17,18). The molecule has 0 aliphatic carbocycles. The average Bonchev–Trinajstić information content (AvgIpc) is 2.24. The lowest BCUT2D eigenvalue weighted by Crippen LogP contribution is -2.19. The van der Waals surface area contributed by atoms with Gasteiger partial charge >= 0.3 is 6.18 Å².